The number of benzene rings is 1. The Bertz CT molecular complexity index is 907. The van der Waals surface area contributed by atoms with E-state index in [0.717, 1.165) is 0 Å². The van der Waals surface area contributed by atoms with Crippen molar-refractivity contribution in [2.24, 2.45) is 5.92 Å². The van der Waals surface area contributed by atoms with Gasteiger partial charge in [-0.2, -0.15) is 9.57 Å². The third-order valence-electron chi connectivity index (χ3n) is 5.80. The molecule has 0 unspecified atom stereocenters. The lowest BCUT2D eigenvalue weighted by Crippen LogP contribution is -2.51. The smallest absolute Gasteiger partial charge is 0.244 e. The van der Waals surface area contributed by atoms with Crippen LogP contribution in [0.25, 0.3) is 0 Å². The summed E-state index contributed by atoms with van der Waals surface area (Å²) in [7, 11) is -3.89. The molecule has 3 atom stereocenters. The van der Waals surface area contributed by atoms with Gasteiger partial charge < -0.3 is 9.64 Å². The molecule has 1 spiro atoms. The quantitative estimate of drug-likeness (QED) is 0.794. The molecule has 0 aromatic heterocycles. The van der Waals surface area contributed by atoms with Crippen LogP contribution in [-0.2, 0) is 19.6 Å². The maximum atomic E-state index is 13.3. The zero-order valence-corrected chi connectivity index (χ0v) is 15.6. The molecular formula is C18H21N3O4S. The van der Waals surface area contributed by atoms with Gasteiger partial charge in [0.2, 0.25) is 15.9 Å². The highest BCUT2D eigenvalue weighted by atomic mass is 32.2. The molecule has 8 heteroatoms. The molecule has 3 heterocycles. The minimum Gasteiger partial charge on any atom is -0.352 e. The lowest BCUT2D eigenvalue weighted by atomic mass is 10.0. The van der Waals surface area contributed by atoms with Gasteiger partial charge >= 0.3 is 0 Å². The minimum absolute atomic E-state index is 0.0103. The first-order valence-electron chi connectivity index (χ1n) is 8.80. The highest BCUT2D eigenvalue weighted by Crippen LogP contribution is 2.50. The van der Waals surface area contributed by atoms with Gasteiger partial charge in [-0.1, -0.05) is 26.0 Å². The third kappa shape index (κ3) is 2.17. The maximum Gasteiger partial charge on any atom is 0.244 e. The van der Waals surface area contributed by atoms with E-state index in [9.17, 15) is 18.5 Å². The molecule has 26 heavy (non-hydrogen) atoms. The summed E-state index contributed by atoms with van der Waals surface area (Å²) in [6.07, 6.45) is 0.581. The van der Waals surface area contributed by atoms with Gasteiger partial charge in [-0.25, -0.2) is 8.42 Å². The van der Waals surface area contributed by atoms with Gasteiger partial charge in [0.15, 0.2) is 5.72 Å². The number of amides is 1. The Kier molecular flexibility index (Phi) is 3.88. The number of carbonyl (C=O) groups excluding carboxylic acids is 1. The van der Waals surface area contributed by atoms with Crippen LogP contribution in [0, 0.1) is 17.2 Å². The standard InChI is InChI=1S/C18H21N3O4S/c1-12(2)14-11-25-18-7-8-20(16(18)9-17(22)21(14)18)26(23,24)15-6-4-3-5-13(15)10-19/h3-6,12,14,16H,7-9,11H2,1-2H3/t14-,16+,18-/m0/s1. The third-order valence-corrected chi connectivity index (χ3v) is 7.77. The Morgan fingerprint density at radius 1 is 1.35 bits per heavy atom. The van der Waals surface area contributed by atoms with E-state index < -0.39 is 21.8 Å². The molecule has 1 aromatic carbocycles. The van der Waals surface area contributed by atoms with E-state index in [1.165, 1.54) is 16.4 Å². The lowest BCUT2D eigenvalue weighted by Gasteiger charge is -2.34. The first-order chi connectivity index (χ1) is 12.3. The molecule has 3 fully saturated rings. The molecule has 138 valence electrons. The van der Waals surface area contributed by atoms with Crippen LogP contribution in [0.3, 0.4) is 0 Å². The molecule has 0 bridgehead atoms. The van der Waals surface area contributed by atoms with Crippen molar-refractivity contribution in [3.8, 4) is 6.07 Å². The number of hydrogen-bond donors (Lipinski definition) is 0. The molecule has 0 radical (unpaired) electrons. The van der Waals surface area contributed by atoms with Crippen LogP contribution in [0.2, 0.25) is 0 Å². The fourth-order valence-electron chi connectivity index (χ4n) is 4.53. The molecule has 1 aromatic rings. The number of rotatable bonds is 3. The second-order valence-electron chi connectivity index (χ2n) is 7.42. The highest BCUT2D eigenvalue weighted by Gasteiger charge is 2.66. The molecule has 3 aliphatic heterocycles. The summed E-state index contributed by atoms with van der Waals surface area (Å²) < 4.78 is 34.0. The van der Waals surface area contributed by atoms with Crippen molar-refractivity contribution in [3.63, 3.8) is 0 Å². The predicted molar refractivity (Wildman–Crippen MR) is 92.2 cm³/mol. The van der Waals surface area contributed by atoms with Crippen molar-refractivity contribution < 1.29 is 17.9 Å². The van der Waals surface area contributed by atoms with Crippen molar-refractivity contribution in [2.75, 3.05) is 13.2 Å². The van der Waals surface area contributed by atoms with E-state index in [1.807, 2.05) is 19.9 Å². The van der Waals surface area contributed by atoms with E-state index in [-0.39, 0.29) is 41.3 Å². The number of hydrogen-bond acceptors (Lipinski definition) is 5. The summed E-state index contributed by atoms with van der Waals surface area (Å²) in [5.41, 5.74) is -0.747. The molecule has 0 saturated carbocycles. The molecule has 3 saturated heterocycles. The van der Waals surface area contributed by atoms with Gasteiger partial charge in [-0.15, -0.1) is 0 Å². The number of nitrogens with zero attached hydrogens (tertiary/aromatic N) is 3. The first kappa shape index (κ1) is 17.5. The van der Waals surface area contributed by atoms with Gasteiger partial charge in [-0.05, 0) is 18.1 Å². The SMILES string of the molecule is CC(C)[C@@H]1CO[C@@]23CCN(S(=O)(=O)c4ccccc4C#N)[C@@H]2CC(=O)N13. The van der Waals surface area contributed by atoms with Crippen molar-refractivity contribution in [1.82, 2.24) is 9.21 Å². The van der Waals surface area contributed by atoms with E-state index in [0.29, 0.717) is 13.0 Å². The Morgan fingerprint density at radius 2 is 2.08 bits per heavy atom. The van der Waals surface area contributed by atoms with E-state index in [2.05, 4.69) is 0 Å². The molecule has 0 aliphatic carbocycles. The Balaban J connectivity index is 1.74. The second kappa shape index (κ2) is 5.78. The van der Waals surface area contributed by atoms with Gasteiger partial charge in [0.05, 0.1) is 29.1 Å². The molecule has 7 nitrogen and oxygen atoms in total. The van der Waals surface area contributed by atoms with Crippen LogP contribution in [0.4, 0.5) is 0 Å². The second-order valence-corrected chi connectivity index (χ2v) is 9.28. The van der Waals surface area contributed by atoms with E-state index in [1.54, 1.807) is 17.0 Å². The monoisotopic (exact) mass is 375 g/mol. The predicted octanol–water partition coefficient (Wildman–Crippen LogP) is 1.30. The molecule has 4 rings (SSSR count). The normalized spacial score (nSPS) is 31.3. The summed E-state index contributed by atoms with van der Waals surface area (Å²) in [5, 5.41) is 9.28. The maximum absolute atomic E-state index is 13.3. The highest BCUT2D eigenvalue weighted by molar-refractivity contribution is 7.89. The van der Waals surface area contributed by atoms with Gasteiger partial charge in [0.1, 0.15) is 6.07 Å². The summed E-state index contributed by atoms with van der Waals surface area (Å²) in [5.74, 6) is 0.182. The van der Waals surface area contributed by atoms with Gasteiger partial charge in [0.25, 0.3) is 0 Å². The largest absolute Gasteiger partial charge is 0.352 e. The van der Waals surface area contributed by atoms with Crippen molar-refractivity contribution in [2.45, 2.75) is 49.4 Å². The fourth-order valence-corrected chi connectivity index (χ4v) is 6.33. The molecule has 1 amide bonds. The zero-order chi connectivity index (χ0) is 18.7. The van der Waals surface area contributed by atoms with Gasteiger partial charge in [-0.3, -0.25) is 4.79 Å². The van der Waals surface area contributed by atoms with Gasteiger partial charge in [0, 0.05) is 19.4 Å². The van der Waals surface area contributed by atoms with Crippen molar-refractivity contribution >= 4 is 15.9 Å². The summed E-state index contributed by atoms with van der Waals surface area (Å²) in [6.45, 7) is 4.80. The van der Waals surface area contributed by atoms with Crippen LogP contribution in [0.1, 0.15) is 32.3 Å². The topological polar surface area (TPSA) is 90.7 Å². The number of carbonyl (C=O) groups is 1. The van der Waals surface area contributed by atoms with E-state index in [4.69, 9.17) is 4.74 Å². The summed E-state index contributed by atoms with van der Waals surface area (Å²) >= 11 is 0. The van der Waals surface area contributed by atoms with E-state index >= 15 is 0 Å². The van der Waals surface area contributed by atoms with Crippen molar-refractivity contribution in [3.05, 3.63) is 29.8 Å². The van der Waals surface area contributed by atoms with Crippen LogP contribution in [-0.4, -0.2) is 54.5 Å². The average Bonchev–Trinajstić information content (AvgIpc) is 3.24. The van der Waals surface area contributed by atoms with Crippen LogP contribution in [0.15, 0.2) is 29.2 Å². The number of nitriles is 1. The van der Waals surface area contributed by atoms with Crippen molar-refractivity contribution in [1.29, 1.82) is 5.26 Å². The average molecular weight is 375 g/mol. The van der Waals surface area contributed by atoms with Crippen LogP contribution in [0.5, 0.6) is 0 Å². The Morgan fingerprint density at radius 3 is 2.77 bits per heavy atom. The van der Waals surface area contributed by atoms with Crippen LogP contribution >= 0.6 is 0 Å². The molecule has 3 aliphatic rings. The Hall–Kier alpha value is -1.95. The molecular weight excluding hydrogens is 354 g/mol. The summed E-state index contributed by atoms with van der Waals surface area (Å²) in [6, 6.07) is 7.55. The minimum atomic E-state index is -3.89. The number of sulfonamides is 1. The summed E-state index contributed by atoms with van der Waals surface area (Å²) in [4.78, 5) is 14.5. The Labute approximate surface area is 153 Å². The lowest BCUT2D eigenvalue weighted by molar-refractivity contribution is -0.139. The van der Waals surface area contributed by atoms with Crippen LogP contribution < -0.4 is 0 Å². The fraction of sp³-hybridized carbons (Fsp3) is 0.556. The number of ether oxygens (including phenoxy) is 1. The zero-order valence-electron chi connectivity index (χ0n) is 14.8. The molecule has 0 N–H and O–H groups in total. The first-order valence-corrected chi connectivity index (χ1v) is 10.2.